The number of halogens is 1. The van der Waals surface area contributed by atoms with Crippen LogP contribution in [-0.4, -0.2) is 38.7 Å². The number of methoxy groups -OCH3 is 1. The number of nitrogens with zero attached hydrogens (tertiary/aromatic N) is 4. The smallest absolute Gasteiger partial charge is 0.338 e. The van der Waals surface area contributed by atoms with Crippen LogP contribution in [0.15, 0.2) is 49.1 Å². The lowest BCUT2D eigenvalue weighted by Crippen LogP contribution is -2.14. The first-order valence-corrected chi connectivity index (χ1v) is 7.72. The Morgan fingerprint density at radius 2 is 1.96 bits per heavy atom. The molecule has 0 aliphatic carbocycles. The van der Waals surface area contributed by atoms with Crippen molar-refractivity contribution < 1.29 is 23.6 Å². The van der Waals surface area contributed by atoms with Gasteiger partial charge in [-0.3, -0.25) is 14.9 Å². The van der Waals surface area contributed by atoms with Crippen LogP contribution in [0.25, 0.3) is 5.69 Å². The summed E-state index contributed by atoms with van der Waals surface area (Å²) in [4.78, 5) is 38.2. The number of carbonyl (C=O) groups excluding carboxylic acids is 2. The Labute approximate surface area is 156 Å². The topological polar surface area (TPSA) is 129 Å². The molecule has 1 amide bonds. The third kappa shape index (κ3) is 3.82. The van der Waals surface area contributed by atoms with Gasteiger partial charge in [-0.05, 0) is 24.3 Å². The molecule has 0 aliphatic heterocycles. The molecule has 0 bridgehead atoms. The average molecular weight is 385 g/mol. The quantitative estimate of drug-likeness (QED) is 0.405. The van der Waals surface area contributed by atoms with Gasteiger partial charge in [0.05, 0.1) is 17.6 Å². The highest BCUT2D eigenvalue weighted by Gasteiger charge is 2.19. The number of aromatic nitrogens is 3. The molecule has 2 aromatic carbocycles. The van der Waals surface area contributed by atoms with E-state index in [0.29, 0.717) is 0 Å². The summed E-state index contributed by atoms with van der Waals surface area (Å²) in [5.41, 5.74) is -0.540. The number of non-ortho nitro benzene ring substituents is 1. The standard InChI is InChI=1S/C17H12FN5O5/c1-28-17(25)11-4-10(5-13(6-11)23(26)27)16(24)21-12-2-3-15(14(18)7-12)22-9-19-8-20-22/h2-9H,1H3,(H,21,24). The van der Waals surface area contributed by atoms with E-state index in [0.717, 1.165) is 31.4 Å². The Balaban J connectivity index is 1.88. The van der Waals surface area contributed by atoms with Crippen molar-refractivity contribution in [2.24, 2.45) is 0 Å². The SMILES string of the molecule is COC(=O)c1cc(C(=O)Nc2ccc(-n3cncn3)c(F)c2)cc([N+](=O)[O-])c1. The predicted molar refractivity (Wildman–Crippen MR) is 93.7 cm³/mol. The molecule has 0 unspecified atom stereocenters. The fourth-order valence-corrected chi connectivity index (χ4v) is 2.39. The van der Waals surface area contributed by atoms with Gasteiger partial charge in [0.1, 0.15) is 18.3 Å². The highest BCUT2D eigenvalue weighted by Crippen LogP contribution is 2.21. The Hall–Kier alpha value is -4.15. The Morgan fingerprint density at radius 1 is 1.21 bits per heavy atom. The number of hydrogen-bond acceptors (Lipinski definition) is 7. The lowest BCUT2D eigenvalue weighted by Gasteiger charge is -2.09. The minimum absolute atomic E-state index is 0.109. The first-order chi connectivity index (χ1) is 13.4. The minimum atomic E-state index is -0.832. The number of rotatable bonds is 5. The molecule has 0 saturated carbocycles. The van der Waals surface area contributed by atoms with Crippen LogP contribution in [0.4, 0.5) is 15.8 Å². The zero-order valence-corrected chi connectivity index (χ0v) is 14.3. The summed E-state index contributed by atoms with van der Waals surface area (Å²) in [5, 5.41) is 17.3. The molecule has 1 heterocycles. The van der Waals surface area contributed by atoms with E-state index in [2.05, 4.69) is 20.1 Å². The Kier molecular flexibility index (Phi) is 5.07. The molecule has 1 N–H and O–H groups in total. The van der Waals surface area contributed by atoms with Crippen molar-refractivity contribution in [3.63, 3.8) is 0 Å². The molecule has 10 nitrogen and oxygen atoms in total. The molecule has 1 aromatic heterocycles. The van der Waals surface area contributed by atoms with Crippen molar-refractivity contribution in [2.75, 3.05) is 12.4 Å². The molecule has 0 radical (unpaired) electrons. The molecule has 3 rings (SSSR count). The normalized spacial score (nSPS) is 10.4. The summed E-state index contributed by atoms with van der Waals surface area (Å²) >= 11 is 0. The van der Waals surface area contributed by atoms with Crippen LogP contribution in [0, 0.1) is 15.9 Å². The summed E-state index contributed by atoms with van der Waals surface area (Å²) in [6.45, 7) is 0. The second-order valence-corrected chi connectivity index (χ2v) is 5.48. The van der Waals surface area contributed by atoms with Gasteiger partial charge in [-0.15, -0.1) is 0 Å². The van der Waals surface area contributed by atoms with Gasteiger partial charge in [0.15, 0.2) is 5.82 Å². The Morgan fingerprint density at radius 3 is 2.57 bits per heavy atom. The molecule has 3 aromatic rings. The number of benzene rings is 2. The molecule has 0 atom stereocenters. The molecule has 142 valence electrons. The van der Waals surface area contributed by atoms with Gasteiger partial charge in [0, 0.05) is 23.4 Å². The second kappa shape index (κ2) is 7.61. The number of esters is 1. The Bertz CT molecular complexity index is 1070. The van der Waals surface area contributed by atoms with E-state index in [-0.39, 0.29) is 22.5 Å². The van der Waals surface area contributed by atoms with Gasteiger partial charge in [-0.25, -0.2) is 18.9 Å². The van der Waals surface area contributed by atoms with Crippen molar-refractivity contribution in [2.45, 2.75) is 0 Å². The maximum absolute atomic E-state index is 14.3. The van der Waals surface area contributed by atoms with Crippen LogP contribution < -0.4 is 5.32 Å². The number of amides is 1. The summed E-state index contributed by atoms with van der Waals surface area (Å²) in [6.07, 6.45) is 2.56. The van der Waals surface area contributed by atoms with Gasteiger partial charge < -0.3 is 10.1 Å². The summed E-state index contributed by atoms with van der Waals surface area (Å²) in [7, 11) is 1.11. The predicted octanol–water partition coefficient (Wildman–Crippen LogP) is 2.35. The number of carbonyl (C=O) groups is 2. The minimum Gasteiger partial charge on any atom is -0.465 e. The van der Waals surface area contributed by atoms with Gasteiger partial charge in [-0.1, -0.05) is 0 Å². The largest absolute Gasteiger partial charge is 0.465 e. The van der Waals surface area contributed by atoms with E-state index in [4.69, 9.17) is 0 Å². The van der Waals surface area contributed by atoms with E-state index < -0.39 is 28.3 Å². The summed E-state index contributed by atoms with van der Waals surface area (Å²) in [6, 6.07) is 7.02. The van der Waals surface area contributed by atoms with Gasteiger partial charge in [0.2, 0.25) is 0 Å². The van der Waals surface area contributed by atoms with Crippen LogP contribution in [0.1, 0.15) is 20.7 Å². The molecular formula is C17H12FN5O5. The summed E-state index contributed by atoms with van der Waals surface area (Å²) < 4.78 is 20.0. The first kappa shape index (κ1) is 18.6. The maximum Gasteiger partial charge on any atom is 0.338 e. The average Bonchev–Trinajstić information content (AvgIpc) is 3.21. The lowest BCUT2D eigenvalue weighted by molar-refractivity contribution is -0.384. The van der Waals surface area contributed by atoms with Crippen molar-refractivity contribution in [1.29, 1.82) is 0 Å². The number of nitrogens with one attached hydrogen (secondary N) is 1. The molecule has 0 spiro atoms. The summed E-state index contributed by atoms with van der Waals surface area (Å²) in [5.74, 6) is -2.26. The number of nitro benzene ring substituents is 1. The highest BCUT2D eigenvalue weighted by molar-refractivity contribution is 6.06. The first-order valence-electron chi connectivity index (χ1n) is 7.72. The van der Waals surface area contributed by atoms with E-state index in [1.165, 1.54) is 29.5 Å². The zero-order chi connectivity index (χ0) is 20.3. The molecular weight excluding hydrogens is 373 g/mol. The fourth-order valence-electron chi connectivity index (χ4n) is 2.39. The van der Waals surface area contributed by atoms with Crippen LogP contribution in [-0.2, 0) is 4.74 Å². The number of nitro groups is 1. The molecule has 28 heavy (non-hydrogen) atoms. The zero-order valence-electron chi connectivity index (χ0n) is 14.3. The number of ether oxygens (including phenoxy) is 1. The van der Waals surface area contributed by atoms with Crippen LogP contribution in [0.5, 0.6) is 0 Å². The lowest BCUT2D eigenvalue weighted by atomic mass is 10.1. The monoisotopic (exact) mass is 385 g/mol. The van der Waals surface area contributed by atoms with Crippen molar-refractivity contribution in [3.8, 4) is 5.69 Å². The van der Waals surface area contributed by atoms with E-state index in [9.17, 15) is 24.1 Å². The molecule has 0 fully saturated rings. The van der Waals surface area contributed by atoms with Gasteiger partial charge in [0.25, 0.3) is 11.6 Å². The molecule has 0 saturated heterocycles. The second-order valence-electron chi connectivity index (χ2n) is 5.48. The molecule has 11 heteroatoms. The fraction of sp³-hybridized carbons (Fsp3) is 0.0588. The van der Waals surface area contributed by atoms with Crippen LogP contribution in [0.2, 0.25) is 0 Å². The van der Waals surface area contributed by atoms with Crippen molar-refractivity contribution in [1.82, 2.24) is 14.8 Å². The van der Waals surface area contributed by atoms with Crippen LogP contribution >= 0.6 is 0 Å². The third-order valence-corrected chi connectivity index (χ3v) is 3.68. The van der Waals surface area contributed by atoms with Crippen molar-refractivity contribution in [3.05, 3.63) is 76.1 Å². The third-order valence-electron chi connectivity index (χ3n) is 3.68. The van der Waals surface area contributed by atoms with Gasteiger partial charge >= 0.3 is 5.97 Å². The van der Waals surface area contributed by atoms with Crippen LogP contribution in [0.3, 0.4) is 0 Å². The van der Waals surface area contributed by atoms with E-state index in [1.54, 1.807) is 0 Å². The molecule has 0 aliphatic rings. The highest BCUT2D eigenvalue weighted by atomic mass is 19.1. The van der Waals surface area contributed by atoms with Gasteiger partial charge in [-0.2, -0.15) is 5.10 Å². The number of hydrogen-bond donors (Lipinski definition) is 1. The number of anilines is 1. The van der Waals surface area contributed by atoms with E-state index >= 15 is 0 Å². The maximum atomic E-state index is 14.3. The van der Waals surface area contributed by atoms with E-state index in [1.807, 2.05) is 0 Å². The van der Waals surface area contributed by atoms with Crippen molar-refractivity contribution >= 4 is 23.3 Å².